The van der Waals surface area contributed by atoms with E-state index in [-0.39, 0.29) is 17.4 Å². The molecule has 1 N–H and O–H groups in total. The topological polar surface area (TPSA) is 88.2 Å². The fourth-order valence-electron chi connectivity index (χ4n) is 3.69. The quantitative estimate of drug-likeness (QED) is 0.701. The number of rotatable bonds is 4. The molecule has 1 amide bonds. The summed E-state index contributed by atoms with van der Waals surface area (Å²) in [6, 6.07) is 9.83. The van der Waals surface area contributed by atoms with Gasteiger partial charge in [0.25, 0.3) is 5.91 Å². The standard InChI is InChI=1S/C20H19FN4O3/c1-28-20(27)15-10-12(5-6-16(15)21)9-13-7-8-25(11-13)19(26)14-3-2-4-17-18(14)23-24-22-17/h2-6,10,13H,7-9,11H2,1H3,(H,22,23,24). The summed E-state index contributed by atoms with van der Waals surface area (Å²) < 4.78 is 18.4. The number of para-hydroxylation sites is 1. The minimum Gasteiger partial charge on any atom is -0.465 e. The van der Waals surface area contributed by atoms with Crippen LogP contribution in [0.2, 0.25) is 0 Å². The van der Waals surface area contributed by atoms with Gasteiger partial charge in [-0.25, -0.2) is 9.18 Å². The van der Waals surface area contributed by atoms with Crippen LogP contribution in [0.4, 0.5) is 4.39 Å². The number of esters is 1. The van der Waals surface area contributed by atoms with E-state index in [0.29, 0.717) is 36.1 Å². The summed E-state index contributed by atoms with van der Waals surface area (Å²) in [6.07, 6.45) is 1.49. The molecule has 1 unspecified atom stereocenters. The number of aromatic amines is 1. The van der Waals surface area contributed by atoms with Crippen LogP contribution in [0.3, 0.4) is 0 Å². The Kier molecular flexibility index (Phi) is 4.77. The van der Waals surface area contributed by atoms with E-state index < -0.39 is 11.8 Å². The molecule has 2 heterocycles. The van der Waals surface area contributed by atoms with Gasteiger partial charge in [-0.05, 0) is 48.6 Å². The number of carbonyl (C=O) groups excluding carboxylic acids is 2. The summed E-state index contributed by atoms with van der Waals surface area (Å²) in [5.41, 5.74) is 2.53. The van der Waals surface area contributed by atoms with Crippen molar-refractivity contribution in [1.29, 1.82) is 0 Å². The highest BCUT2D eigenvalue weighted by Crippen LogP contribution is 2.25. The molecular weight excluding hydrogens is 363 g/mol. The highest BCUT2D eigenvalue weighted by molar-refractivity contribution is 6.04. The minimum absolute atomic E-state index is 0.0661. The zero-order valence-corrected chi connectivity index (χ0v) is 15.3. The largest absolute Gasteiger partial charge is 0.465 e. The molecule has 1 aliphatic heterocycles. The van der Waals surface area contributed by atoms with Crippen molar-refractivity contribution in [3.63, 3.8) is 0 Å². The lowest BCUT2D eigenvalue weighted by Crippen LogP contribution is -2.29. The Bertz CT molecular complexity index is 1050. The number of carbonyl (C=O) groups is 2. The summed E-state index contributed by atoms with van der Waals surface area (Å²) in [4.78, 5) is 26.4. The van der Waals surface area contributed by atoms with Gasteiger partial charge < -0.3 is 9.64 Å². The van der Waals surface area contributed by atoms with Crippen molar-refractivity contribution in [2.75, 3.05) is 20.2 Å². The number of methoxy groups -OCH3 is 1. The first-order chi connectivity index (χ1) is 13.6. The maximum atomic E-state index is 13.8. The molecule has 1 fully saturated rings. The van der Waals surface area contributed by atoms with Gasteiger partial charge in [-0.3, -0.25) is 4.79 Å². The summed E-state index contributed by atoms with van der Waals surface area (Å²) in [5.74, 6) is -1.13. The van der Waals surface area contributed by atoms with Crippen molar-refractivity contribution >= 4 is 22.9 Å². The molecule has 3 aromatic rings. The van der Waals surface area contributed by atoms with Crippen LogP contribution in [0, 0.1) is 11.7 Å². The number of amides is 1. The first-order valence-corrected chi connectivity index (χ1v) is 9.02. The van der Waals surface area contributed by atoms with Crippen molar-refractivity contribution in [3.05, 3.63) is 58.9 Å². The zero-order chi connectivity index (χ0) is 19.7. The molecule has 4 rings (SSSR count). The van der Waals surface area contributed by atoms with Gasteiger partial charge in [-0.15, -0.1) is 0 Å². The van der Waals surface area contributed by atoms with Crippen LogP contribution >= 0.6 is 0 Å². The molecule has 1 aromatic heterocycles. The van der Waals surface area contributed by atoms with E-state index in [0.717, 1.165) is 12.0 Å². The lowest BCUT2D eigenvalue weighted by Gasteiger charge is -2.17. The van der Waals surface area contributed by atoms with Gasteiger partial charge in [0.15, 0.2) is 0 Å². The Balaban J connectivity index is 1.47. The van der Waals surface area contributed by atoms with Gasteiger partial charge in [0.2, 0.25) is 0 Å². The highest BCUT2D eigenvalue weighted by atomic mass is 19.1. The van der Waals surface area contributed by atoms with Crippen LogP contribution in [0.15, 0.2) is 36.4 Å². The molecule has 144 valence electrons. The maximum Gasteiger partial charge on any atom is 0.340 e. The van der Waals surface area contributed by atoms with E-state index in [9.17, 15) is 14.0 Å². The van der Waals surface area contributed by atoms with Crippen molar-refractivity contribution < 1.29 is 18.7 Å². The molecule has 0 bridgehead atoms. The molecule has 1 saturated heterocycles. The predicted molar refractivity (Wildman–Crippen MR) is 99.3 cm³/mol. The molecule has 1 aliphatic rings. The van der Waals surface area contributed by atoms with Gasteiger partial charge in [0.1, 0.15) is 16.9 Å². The number of hydrogen-bond donors (Lipinski definition) is 1. The second-order valence-corrected chi connectivity index (χ2v) is 6.91. The molecule has 0 saturated carbocycles. The van der Waals surface area contributed by atoms with Crippen molar-refractivity contribution in [2.24, 2.45) is 5.92 Å². The fraction of sp³-hybridized carbons (Fsp3) is 0.300. The van der Waals surface area contributed by atoms with Crippen molar-refractivity contribution in [2.45, 2.75) is 12.8 Å². The Morgan fingerprint density at radius 1 is 1.25 bits per heavy atom. The Labute approximate surface area is 160 Å². The third-order valence-electron chi connectivity index (χ3n) is 5.11. The van der Waals surface area contributed by atoms with Crippen LogP contribution in [-0.2, 0) is 11.2 Å². The van der Waals surface area contributed by atoms with E-state index in [2.05, 4.69) is 20.1 Å². The number of nitrogens with zero attached hydrogens (tertiary/aromatic N) is 3. The van der Waals surface area contributed by atoms with E-state index in [1.54, 1.807) is 29.2 Å². The average Bonchev–Trinajstić information content (AvgIpc) is 3.37. The molecule has 2 aromatic carbocycles. The van der Waals surface area contributed by atoms with Crippen LogP contribution < -0.4 is 0 Å². The van der Waals surface area contributed by atoms with Gasteiger partial charge in [0.05, 0.1) is 18.2 Å². The average molecular weight is 382 g/mol. The monoisotopic (exact) mass is 382 g/mol. The summed E-state index contributed by atoms with van der Waals surface area (Å²) in [7, 11) is 1.23. The molecule has 0 aliphatic carbocycles. The molecule has 7 nitrogen and oxygen atoms in total. The number of H-pyrrole nitrogens is 1. The SMILES string of the molecule is COC(=O)c1cc(CC2CCN(C(=O)c3cccc4n[nH]nc34)C2)ccc1F. The van der Waals surface area contributed by atoms with Crippen LogP contribution in [0.25, 0.3) is 11.0 Å². The van der Waals surface area contributed by atoms with Crippen LogP contribution in [-0.4, -0.2) is 52.4 Å². The number of nitrogens with one attached hydrogen (secondary N) is 1. The number of aromatic nitrogens is 3. The van der Waals surface area contributed by atoms with E-state index in [1.807, 2.05) is 0 Å². The molecule has 1 atom stereocenters. The number of likely N-dealkylation sites (tertiary alicyclic amines) is 1. The van der Waals surface area contributed by atoms with Crippen molar-refractivity contribution in [1.82, 2.24) is 20.3 Å². The summed E-state index contributed by atoms with van der Waals surface area (Å²) in [5, 5.41) is 10.6. The van der Waals surface area contributed by atoms with Crippen molar-refractivity contribution in [3.8, 4) is 0 Å². The number of fused-ring (bicyclic) bond motifs is 1. The van der Waals surface area contributed by atoms with Crippen LogP contribution in [0.5, 0.6) is 0 Å². The summed E-state index contributed by atoms with van der Waals surface area (Å²) in [6.45, 7) is 1.24. The fourth-order valence-corrected chi connectivity index (χ4v) is 3.69. The van der Waals surface area contributed by atoms with E-state index >= 15 is 0 Å². The first kappa shape index (κ1) is 18.1. The highest BCUT2D eigenvalue weighted by Gasteiger charge is 2.28. The first-order valence-electron chi connectivity index (χ1n) is 9.02. The molecule has 0 radical (unpaired) electrons. The smallest absolute Gasteiger partial charge is 0.340 e. The Hall–Kier alpha value is -3.29. The second-order valence-electron chi connectivity index (χ2n) is 6.91. The van der Waals surface area contributed by atoms with E-state index in [1.165, 1.54) is 19.2 Å². The summed E-state index contributed by atoms with van der Waals surface area (Å²) >= 11 is 0. The maximum absolute atomic E-state index is 13.8. The molecular formula is C20H19FN4O3. The Morgan fingerprint density at radius 3 is 2.93 bits per heavy atom. The minimum atomic E-state index is -0.691. The zero-order valence-electron chi connectivity index (χ0n) is 15.3. The third kappa shape index (κ3) is 3.33. The Morgan fingerprint density at radius 2 is 2.11 bits per heavy atom. The number of ether oxygens (including phenoxy) is 1. The second kappa shape index (κ2) is 7.38. The number of hydrogen-bond acceptors (Lipinski definition) is 5. The van der Waals surface area contributed by atoms with Gasteiger partial charge in [0, 0.05) is 13.1 Å². The lowest BCUT2D eigenvalue weighted by atomic mass is 9.97. The van der Waals surface area contributed by atoms with Gasteiger partial charge in [-0.2, -0.15) is 15.4 Å². The van der Waals surface area contributed by atoms with Gasteiger partial charge >= 0.3 is 5.97 Å². The number of halogens is 1. The normalized spacial score (nSPS) is 16.5. The van der Waals surface area contributed by atoms with Gasteiger partial charge in [-0.1, -0.05) is 12.1 Å². The number of benzene rings is 2. The lowest BCUT2D eigenvalue weighted by molar-refractivity contribution is 0.0595. The molecule has 8 heteroatoms. The third-order valence-corrected chi connectivity index (χ3v) is 5.11. The van der Waals surface area contributed by atoms with E-state index in [4.69, 9.17) is 0 Å². The predicted octanol–water partition coefficient (Wildman–Crippen LogP) is 2.59. The van der Waals surface area contributed by atoms with Crippen LogP contribution in [0.1, 0.15) is 32.7 Å². The molecule has 0 spiro atoms. The molecule has 28 heavy (non-hydrogen) atoms.